The Bertz CT molecular complexity index is 1560. The van der Waals surface area contributed by atoms with Crippen molar-refractivity contribution in [2.45, 2.75) is 85.9 Å². The van der Waals surface area contributed by atoms with Gasteiger partial charge in [0.25, 0.3) is 5.91 Å². The van der Waals surface area contributed by atoms with Crippen LogP contribution in [0.4, 0.5) is 17.6 Å². The van der Waals surface area contributed by atoms with Gasteiger partial charge >= 0.3 is 6.18 Å². The topological polar surface area (TPSA) is 62.2 Å². The molecule has 0 radical (unpaired) electrons. The third kappa shape index (κ3) is 12.7. The van der Waals surface area contributed by atoms with Crippen LogP contribution in [0.2, 0.25) is 0 Å². The van der Waals surface area contributed by atoms with Gasteiger partial charge in [-0.3, -0.25) is 19.3 Å². The zero-order chi connectivity index (χ0) is 36.0. The predicted octanol–water partition coefficient (Wildman–Crippen LogP) is 9.59. The fourth-order valence-corrected chi connectivity index (χ4v) is 5.22. The van der Waals surface area contributed by atoms with Crippen LogP contribution in [0.5, 0.6) is 0 Å². The highest BCUT2D eigenvalue weighted by molar-refractivity contribution is 6.03. The van der Waals surface area contributed by atoms with E-state index in [1.165, 1.54) is 34.9 Å². The quantitative estimate of drug-likeness (QED) is 0.0781. The standard InChI is InChI=1S/C22H27F3N2O2.C17H20FNO/c1-4-21(28)27(29-16-26(5-2)6-3)15-17-7-9-18(10-8-17)19-11-13-20(14-12-19)22(23,24)25;1-12-4-3-5-16(12)17(20)19-13(2)6-7-14-8-10-15(18)11-9-14/h7-14H,4-6,15-16H2,1-3H3;8-11H,3-7H2,1-2H3. The van der Waals surface area contributed by atoms with Gasteiger partial charge in [-0.2, -0.15) is 13.2 Å². The van der Waals surface area contributed by atoms with Gasteiger partial charge in [-0.1, -0.05) is 74.9 Å². The maximum atomic E-state index is 12.8. The molecule has 0 atom stereocenters. The summed E-state index contributed by atoms with van der Waals surface area (Å²) < 4.78 is 50.9. The number of aryl methyl sites for hydroxylation is 1. The van der Waals surface area contributed by atoms with Gasteiger partial charge in [0.05, 0.1) is 12.1 Å². The maximum Gasteiger partial charge on any atom is 0.416 e. The van der Waals surface area contributed by atoms with E-state index >= 15 is 0 Å². The van der Waals surface area contributed by atoms with Crippen LogP contribution in [0.15, 0.2) is 88.9 Å². The van der Waals surface area contributed by atoms with Gasteiger partial charge in [-0.15, -0.1) is 0 Å². The Morgan fingerprint density at radius 1 is 0.837 bits per heavy atom. The summed E-state index contributed by atoms with van der Waals surface area (Å²) in [6, 6.07) is 18.9. The Labute approximate surface area is 287 Å². The third-order valence-electron chi connectivity index (χ3n) is 8.43. The number of benzene rings is 3. The van der Waals surface area contributed by atoms with Gasteiger partial charge < -0.3 is 0 Å². The van der Waals surface area contributed by atoms with Gasteiger partial charge in [0, 0.05) is 17.7 Å². The van der Waals surface area contributed by atoms with Crippen molar-refractivity contribution in [2.75, 3.05) is 19.8 Å². The molecule has 0 spiro atoms. The largest absolute Gasteiger partial charge is 0.416 e. The van der Waals surface area contributed by atoms with E-state index in [4.69, 9.17) is 4.84 Å². The van der Waals surface area contributed by atoms with Crippen molar-refractivity contribution in [1.29, 1.82) is 0 Å². The second kappa shape index (κ2) is 19.1. The molecule has 0 fully saturated rings. The van der Waals surface area contributed by atoms with Crippen LogP contribution in [0.25, 0.3) is 11.1 Å². The van der Waals surface area contributed by atoms with E-state index in [1.807, 2.05) is 52.0 Å². The summed E-state index contributed by atoms with van der Waals surface area (Å²) in [5, 5.41) is 1.37. The molecule has 10 heteroatoms. The summed E-state index contributed by atoms with van der Waals surface area (Å²) in [6.45, 7) is 12.0. The van der Waals surface area contributed by atoms with Crippen LogP contribution in [0.3, 0.4) is 0 Å². The number of nitrogens with zero attached hydrogens (tertiary/aromatic N) is 3. The number of rotatable bonds is 13. The summed E-state index contributed by atoms with van der Waals surface area (Å²) in [5.41, 5.74) is 5.69. The molecule has 0 aromatic heterocycles. The smallest absolute Gasteiger partial charge is 0.279 e. The normalized spacial score (nSPS) is 13.4. The molecule has 0 saturated carbocycles. The molecule has 3 aromatic carbocycles. The molecule has 6 nitrogen and oxygen atoms in total. The first kappa shape index (κ1) is 39.3. The zero-order valence-electron chi connectivity index (χ0n) is 29.1. The van der Waals surface area contributed by atoms with Crippen molar-refractivity contribution < 1.29 is 32.0 Å². The fraction of sp³-hybridized carbons (Fsp3) is 0.410. The Hall–Kier alpha value is -4.15. The first-order chi connectivity index (χ1) is 23.3. The maximum absolute atomic E-state index is 12.8. The van der Waals surface area contributed by atoms with Crippen molar-refractivity contribution in [3.8, 4) is 11.1 Å². The summed E-state index contributed by atoms with van der Waals surface area (Å²) in [6.07, 6.45) is 0.441. The molecule has 0 N–H and O–H groups in total. The molecule has 2 amide bonds. The summed E-state index contributed by atoms with van der Waals surface area (Å²) >= 11 is 0. The molecule has 1 aliphatic rings. The minimum atomic E-state index is -4.34. The van der Waals surface area contributed by atoms with Gasteiger partial charge in [0.2, 0.25) is 5.91 Å². The SMILES string of the molecule is CC(CCc1ccc(F)cc1)=NC(=O)C1=C(C)CCC1.CCC(=O)N(Cc1ccc(-c2ccc(C(F)(F)F)cc2)cc1)OCN(CC)CC. The molecular formula is C39H47F4N3O3. The summed E-state index contributed by atoms with van der Waals surface area (Å²) in [5.74, 6) is -0.404. The predicted molar refractivity (Wildman–Crippen MR) is 186 cm³/mol. The number of allylic oxidation sites excluding steroid dienone is 1. The lowest BCUT2D eigenvalue weighted by Gasteiger charge is -2.25. The number of amides is 2. The molecule has 0 bridgehead atoms. The first-order valence-electron chi connectivity index (χ1n) is 16.8. The van der Waals surface area contributed by atoms with Gasteiger partial charge in [-0.25, -0.2) is 14.4 Å². The molecule has 264 valence electrons. The number of carbonyl (C=O) groups excluding carboxylic acids is 2. The van der Waals surface area contributed by atoms with Crippen LogP contribution in [-0.4, -0.2) is 47.3 Å². The zero-order valence-corrected chi connectivity index (χ0v) is 29.1. The summed E-state index contributed by atoms with van der Waals surface area (Å²) in [4.78, 5) is 36.2. The van der Waals surface area contributed by atoms with E-state index in [-0.39, 0.29) is 17.6 Å². The van der Waals surface area contributed by atoms with E-state index in [0.717, 1.165) is 85.3 Å². The molecule has 0 aliphatic heterocycles. The molecule has 0 heterocycles. The second-order valence-electron chi connectivity index (χ2n) is 12.0. The molecular weight excluding hydrogens is 634 g/mol. The van der Waals surface area contributed by atoms with Crippen LogP contribution < -0.4 is 0 Å². The fourth-order valence-electron chi connectivity index (χ4n) is 5.22. The Morgan fingerprint density at radius 2 is 1.41 bits per heavy atom. The first-order valence-corrected chi connectivity index (χ1v) is 16.8. The number of aliphatic imine (C=N–C) groups is 1. The molecule has 3 aromatic rings. The van der Waals surface area contributed by atoms with Crippen molar-refractivity contribution in [3.63, 3.8) is 0 Å². The van der Waals surface area contributed by atoms with Crippen molar-refractivity contribution >= 4 is 17.5 Å². The van der Waals surface area contributed by atoms with Gasteiger partial charge in [0.1, 0.15) is 12.5 Å². The summed E-state index contributed by atoms with van der Waals surface area (Å²) in [7, 11) is 0. The highest BCUT2D eigenvalue weighted by Crippen LogP contribution is 2.31. The Kier molecular flexibility index (Phi) is 15.4. The minimum Gasteiger partial charge on any atom is -0.279 e. The van der Waals surface area contributed by atoms with Crippen LogP contribution in [0.1, 0.15) is 83.4 Å². The lowest BCUT2D eigenvalue weighted by Crippen LogP contribution is -2.36. The van der Waals surface area contributed by atoms with Gasteiger partial charge in [-0.05, 0) is 106 Å². The average Bonchev–Trinajstić information content (AvgIpc) is 3.53. The lowest BCUT2D eigenvalue weighted by atomic mass is 10.0. The highest BCUT2D eigenvalue weighted by atomic mass is 19.4. The number of halogens is 4. The highest BCUT2D eigenvalue weighted by Gasteiger charge is 2.30. The second-order valence-corrected chi connectivity index (χ2v) is 12.0. The lowest BCUT2D eigenvalue weighted by molar-refractivity contribution is -0.206. The van der Waals surface area contributed by atoms with Crippen molar-refractivity contribution in [3.05, 3.63) is 106 Å². The molecule has 0 unspecified atom stereocenters. The number of carbonyl (C=O) groups is 2. The van der Waals surface area contributed by atoms with Crippen molar-refractivity contribution in [2.24, 2.45) is 4.99 Å². The van der Waals surface area contributed by atoms with Crippen LogP contribution >= 0.6 is 0 Å². The van der Waals surface area contributed by atoms with E-state index < -0.39 is 11.7 Å². The Morgan fingerprint density at radius 3 is 1.92 bits per heavy atom. The van der Waals surface area contributed by atoms with Crippen LogP contribution in [0, 0.1) is 5.82 Å². The molecule has 1 aliphatic carbocycles. The monoisotopic (exact) mass is 681 g/mol. The van der Waals surface area contributed by atoms with Crippen LogP contribution in [-0.2, 0) is 33.6 Å². The van der Waals surface area contributed by atoms with E-state index in [2.05, 4.69) is 9.89 Å². The number of alkyl halides is 3. The minimum absolute atomic E-state index is 0.0726. The average molecular weight is 682 g/mol. The number of hydrogen-bond acceptors (Lipinski definition) is 4. The number of hydrogen-bond donors (Lipinski definition) is 0. The van der Waals surface area contributed by atoms with E-state index in [9.17, 15) is 27.2 Å². The number of hydroxylamine groups is 2. The molecule has 49 heavy (non-hydrogen) atoms. The molecule has 0 saturated heterocycles. The third-order valence-corrected chi connectivity index (χ3v) is 8.43. The van der Waals surface area contributed by atoms with E-state index in [1.54, 1.807) is 19.1 Å². The Balaban J connectivity index is 0.000000284. The molecule has 4 rings (SSSR count). The van der Waals surface area contributed by atoms with Crippen molar-refractivity contribution in [1.82, 2.24) is 9.96 Å². The van der Waals surface area contributed by atoms with Gasteiger partial charge in [0.15, 0.2) is 0 Å². The van der Waals surface area contributed by atoms with E-state index in [0.29, 0.717) is 25.3 Å².